The second-order valence-corrected chi connectivity index (χ2v) is 7.56. The number of carbonyl (C=O) groups is 3. The van der Waals surface area contributed by atoms with Gasteiger partial charge in [-0.25, -0.2) is 0 Å². The van der Waals surface area contributed by atoms with E-state index in [4.69, 9.17) is 0 Å². The molecule has 0 aliphatic carbocycles. The first-order valence-electron chi connectivity index (χ1n) is 10.0. The van der Waals surface area contributed by atoms with Gasteiger partial charge in [-0.05, 0) is 49.9 Å². The van der Waals surface area contributed by atoms with Crippen LogP contribution in [0.4, 0.5) is 5.69 Å². The van der Waals surface area contributed by atoms with Gasteiger partial charge in [0, 0.05) is 50.3 Å². The quantitative estimate of drug-likeness (QED) is 0.888. The highest BCUT2D eigenvalue weighted by Gasteiger charge is 2.30. The molecule has 0 spiro atoms. The molecule has 3 amide bonds. The summed E-state index contributed by atoms with van der Waals surface area (Å²) in [6, 6.07) is 6.96. The molecule has 2 saturated heterocycles. The fraction of sp³-hybridized carbons (Fsp3) is 0.571. The van der Waals surface area contributed by atoms with Crippen LogP contribution in [0.1, 0.15) is 55.8 Å². The third-order valence-electron chi connectivity index (χ3n) is 5.50. The van der Waals surface area contributed by atoms with Gasteiger partial charge in [-0.1, -0.05) is 12.8 Å². The average molecular weight is 371 g/mol. The van der Waals surface area contributed by atoms with Gasteiger partial charge in [-0.2, -0.15) is 0 Å². The summed E-state index contributed by atoms with van der Waals surface area (Å²) in [6.07, 6.45) is 6.14. The second kappa shape index (κ2) is 9.02. The van der Waals surface area contributed by atoms with Gasteiger partial charge in [-0.15, -0.1) is 0 Å². The average Bonchev–Trinajstić information content (AvgIpc) is 2.97. The summed E-state index contributed by atoms with van der Waals surface area (Å²) in [5.41, 5.74) is 1.29. The molecule has 0 bridgehead atoms. The van der Waals surface area contributed by atoms with Crippen molar-refractivity contribution in [3.8, 4) is 0 Å². The van der Waals surface area contributed by atoms with E-state index in [-0.39, 0.29) is 23.6 Å². The predicted molar refractivity (Wildman–Crippen MR) is 104 cm³/mol. The van der Waals surface area contributed by atoms with E-state index in [1.54, 1.807) is 24.3 Å². The minimum atomic E-state index is -0.134. The van der Waals surface area contributed by atoms with Gasteiger partial charge in [0.15, 0.2) is 0 Å². The van der Waals surface area contributed by atoms with E-state index < -0.39 is 0 Å². The molecule has 2 fully saturated rings. The Morgan fingerprint density at radius 3 is 2.00 bits per heavy atom. The highest BCUT2D eigenvalue weighted by Crippen LogP contribution is 2.23. The van der Waals surface area contributed by atoms with E-state index in [0.29, 0.717) is 24.3 Å². The lowest BCUT2D eigenvalue weighted by atomic mass is 9.94. The van der Waals surface area contributed by atoms with Crippen LogP contribution in [0.15, 0.2) is 24.3 Å². The van der Waals surface area contributed by atoms with Crippen molar-refractivity contribution in [1.29, 1.82) is 0 Å². The Bertz CT molecular complexity index is 670. The maximum atomic E-state index is 12.8. The second-order valence-electron chi connectivity index (χ2n) is 7.56. The van der Waals surface area contributed by atoms with Gasteiger partial charge in [0.1, 0.15) is 0 Å². The van der Waals surface area contributed by atoms with Crippen molar-refractivity contribution in [3.63, 3.8) is 0 Å². The van der Waals surface area contributed by atoms with Crippen LogP contribution in [0, 0.1) is 5.92 Å². The van der Waals surface area contributed by atoms with E-state index in [9.17, 15) is 14.4 Å². The molecule has 6 nitrogen and oxygen atoms in total. The Balaban J connectivity index is 1.52. The number of benzene rings is 1. The highest BCUT2D eigenvalue weighted by molar-refractivity contribution is 5.95. The first-order chi connectivity index (χ1) is 13.0. The monoisotopic (exact) mass is 371 g/mol. The minimum absolute atomic E-state index is 0.00922. The molecule has 6 heteroatoms. The van der Waals surface area contributed by atoms with Crippen molar-refractivity contribution >= 4 is 23.4 Å². The molecule has 0 atom stereocenters. The van der Waals surface area contributed by atoms with Gasteiger partial charge in [-0.3, -0.25) is 14.4 Å². The fourth-order valence-corrected chi connectivity index (χ4v) is 3.96. The van der Waals surface area contributed by atoms with Crippen LogP contribution in [0.5, 0.6) is 0 Å². The summed E-state index contributed by atoms with van der Waals surface area (Å²) >= 11 is 0. The smallest absolute Gasteiger partial charge is 0.253 e. The number of rotatable bonds is 3. The van der Waals surface area contributed by atoms with Crippen LogP contribution in [0.25, 0.3) is 0 Å². The summed E-state index contributed by atoms with van der Waals surface area (Å²) in [5.74, 6) is 0.188. The molecular weight excluding hydrogens is 342 g/mol. The van der Waals surface area contributed by atoms with Gasteiger partial charge < -0.3 is 15.1 Å². The number of nitrogens with one attached hydrogen (secondary N) is 1. The lowest BCUT2D eigenvalue weighted by molar-refractivity contribution is -0.136. The third kappa shape index (κ3) is 5.08. The zero-order chi connectivity index (χ0) is 19.2. The standard InChI is InChI=1S/C21H29N3O3/c1-16(25)22-19-8-6-17(7-9-19)20(26)24-14-10-18(11-15-24)21(27)23-12-4-2-3-5-13-23/h6-9,18H,2-5,10-15H2,1H3,(H,22,25). The van der Waals surface area contributed by atoms with Crippen LogP contribution in [-0.4, -0.2) is 53.7 Å². The van der Waals surface area contributed by atoms with E-state index >= 15 is 0 Å². The number of nitrogens with zero attached hydrogens (tertiary/aromatic N) is 2. The van der Waals surface area contributed by atoms with Crippen molar-refractivity contribution in [1.82, 2.24) is 9.80 Å². The van der Waals surface area contributed by atoms with E-state index in [1.165, 1.54) is 19.8 Å². The first-order valence-corrected chi connectivity index (χ1v) is 10.0. The molecule has 1 aromatic rings. The van der Waals surface area contributed by atoms with Crippen molar-refractivity contribution in [2.75, 3.05) is 31.5 Å². The SMILES string of the molecule is CC(=O)Nc1ccc(C(=O)N2CCC(C(=O)N3CCCCCC3)CC2)cc1. The molecule has 0 aromatic heterocycles. The van der Waals surface area contributed by atoms with Crippen molar-refractivity contribution < 1.29 is 14.4 Å². The number of carbonyl (C=O) groups excluding carboxylic acids is 3. The van der Waals surface area contributed by atoms with Crippen LogP contribution < -0.4 is 5.32 Å². The number of anilines is 1. The molecule has 1 aromatic carbocycles. The minimum Gasteiger partial charge on any atom is -0.342 e. The van der Waals surface area contributed by atoms with Gasteiger partial charge in [0.05, 0.1) is 0 Å². The highest BCUT2D eigenvalue weighted by atomic mass is 16.2. The Hall–Kier alpha value is -2.37. The molecular formula is C21H29N3O3. The molecule has 0 saturated carbocycles. The molecule has 0 radical (unpaired) electrons. The molecule has 1 N–H and O–H groups in total. The number of hydrogen-bond acceptors (Lipinski definition) is 3. The molecule has 146 valence electrons. The lowest BCUT2D eigenvalue weighted by Gasteiger charge is -2.34. The topological polar surface area (TPSA) is 69.7 Å². The first kappa shape index (κ1) is 19.4. The van der Waals surface area contributed by atoms with E-state index in [0.717, 1.165) is 38.8 Å². The molecule has 2 aliphatic rings. The van der Waals surface area contributed by atoms with Gasteiger partial charge in [0.2, 0.25) is 11.8 Å². The predicted octanol–water partition coefficient (Wildman–Crippen LogP) is 2.90. The Labute approximate surface area is 160 Å². The number of likely N-dealkylation sites (tertiary alicyclic amines) is 2. The number of piperidine rings is 1. The largest absolute Gasteiger partial charge is 0.342 e. The Kier molecular flexibility index (Phi) is 6.48. The maximum absolute atomic E-state index is 12.8. The van der Waals surface area contributed by atoms with Gasteiger partial charge >= 0.3 is 0 Å². The molecule has 0 unspecified atom stereocenters. The fourth-order valence-electron chi connectivity index (χ4n) is 3.96. The number of hydrogen-bond donors (Lipinski definition) is 1. The summed E-state index contributed by atoms with van der Waals surface area (Å²) in [6.45, 7) is 4.47. The van der Waals surface area contributed by atoms with E-state index in [2.05, 4.69) is 5.32 Å². The van der Waals surface area contributed by atoms with Crippen molar-refractivity contribution in [2.45, 2.75) is 45.4 Å². The van der Waals surface area contributed by atoms with Crippen molar-refractivity contribution in [2.24, 2.45) is 5.92 Å². The lowest BCUT2D eigenvalue weighted by Crippen LogP contribution is -2.44. The van der Waals surface area contributed by atoms with Crippen LogP contribution >= 0.6 is 0 Å². The summed E-state index contributed by atoms with van der Waals surface area (Å²) in [4.78, 5) is 40.4. The Morgan fingerprint density at radius 2 is 1.44 bits per heavy atom. The maximum Gasteiger partial charge on any atom is 0.253 e. The summed E-state index contributed by atoms with van der Waals surface area (Å²) in [5, 5.41) is 2.70. The zero-order valence-corrected chi connectivity index (χ0v) is 16.1. The third-order valence-corrected chi connectivity index (χ3v) is 5.50. The van der Waals surface area contributed by atoms with Crippen molar-refractivity contribution in [3.05, 3.63) is 29.8 Å². The molecule has 2 aliphatic heterocycles. The van der Waals surface area contributed by atoms with Crippen LogP contribution in [0.2, 0.25) is 0 Å². The Morgan fingerprint density at radius 1 is 0.852 bits per heavy atom. The summed E-state index contributed by atoms with van der Waals surface area (Å²) < 4.78 is 0. The van der Waals surface area contributed by atoms with Crippen LogP contribution in [-0.2, 0) is 9.59 Å². The summed E-state index contributed by atoms with van der Waals surface area (Å²) in [7, 11) is 0. The van der Waals surface area contributed by atoms with Crippen LogP contribution in [0.3, 0.4) is 0 Å². The van der Waals surface area contributed by atoms with E-state index in [1.807, 2.05) is 9.80 Å². The normalized spacial score (nSPS) is 18.7. The number of amides is 3. The molecule has 2 heterocycles. The molecule has 27 heavy (non-hydrogen) atoms. The van der Waals surface area contributed by atoms with Gasteiger partial charge in [0.25, 0.3) is 5.91 Å². The molecule has 3 rings (SSSR count). The zero-order valence-electron chi connectivity index (χ0n) is 16.1.